The highest BCUT2D eigenvalue weighted by atomic mass is 16.3. The molecule has 0 saturated carbocycles. The van der Waals surface area contributed by atoms with Crippen molar-refractivity contribution in [1.82, 2.24) is 15.1 Å². The number of nitrogens with one attached hydrogen (secondary N) is 1. The Hall–Kier alpha value is -0.940. The number of hydrogen-bond donors (Lipinski definition) is 2. The van der Waals surface area contributed by atoms with Gasteiger partial charge in [0.15, 0.2) is 0 Å². The van der Waals surface area contributed by atoms with Crippen LogP contribution in [0.2, 0.25) is 0 Å². The molecule has 0 bridgehead atoms. The van der Waals surface area contributed by atoms with E-state index in [-0.39, 0.29) is 6.10 Å². The van der Waals surface area contributed by atoms with Gasteiger partial charge in [-0.15, -0.1) is 0 Å². The van der Waals surface area contributed by atoms with Crippen molar-refractivity contribution in [3.8, 4) is 0 Å². The van der Waals surface area contributed by atoms with Crippen LogP contribution in [-0.4, -0.2) is 73.9 Å². The first-order valence-corrected chi connectivity index (χ1v) is 7.59. The molecule has 2 N–H and O–H groups in total. The lowest BCUT2D eigenvalue weighted by molar-refractivity contribution is 0.0738. The third-order valence-corrected chi connectivity index (χ3v) is 3.93. The van der Waals surface area contributed by atoms with Crippen molar-refractivity contribution >= 4 is 0 Å². The molecule has 1 aliphatic heterocycles. The van der Waals surface area contributed by atoms with Crippen LogP contribution in [0.15, 0.2) is 30.3 Å². The van der Waals surface area contributed by atoms with Crippen LogP contribution in [0, 0.1) is 0 Å². The standard InChI is InChI=1S/C16H27N3O/c1-17-13-16(20)14-19-11-9-18(10-12-19)8-7-15-5-3-2-4-6-15/h2-6,16-17,20H,7-14H2,1H3. The minimum atomic E-state index is -0.254. The molecule has 4 nitrogen and oxygen atoms in total. The summed E-state index contributed by atoms with van der Waals surface area (Å²) >= 11 is 0. The summed E-state index contributed by atoms with van der Waals surface area (Å²) in [5.41, 5.74) is 1.42. The summed E-state index contributed by atoms with van der Waals surface area (Å²) in [5.74, 6) is 0. The molecule has 1 saturated heterocycles. The van der Waals surface area contributed by atoms with Crippen LogP contribution >= 0.6 is 0 Å². The number of nitrogens with zero attached hydrogens (tertiary/aromatic N) is 2. The maximum Gasteiger partial charge on any atom is 0.0791 e. The molecule has 0 aromatic heterocycles. The second-order valence-electron chi connectivity index (χ2n) is 5.59. The molecule has 0 aliphatic carbocycles. The van der Waals surface area contributed by atoms with E-state index < -0.39 is 0 Å². The van der Waals surface area contributed by atoms with Gasteiger partial charge in [0.2, 0.25) is 0 Å². The third-order valence-electron chi connectivity index (χ3n) is 3.93. The minimum absolute atomic E-state index is 0.254. The van der Waals surface area contributed by atoms with E-state index >= 15 is 0 Å². The van der Waals surface area contributed by atoms with Crippen LogP contribution in [0.5, 0.6) is 0 Å². The zero-order valence-corrected chi connectivity index (χ0v) is 12.5. The van der Waals surface area contributed by atoms with Gasteiger partial charge in [0.1, 0.15) is 0 Å². The van der Waals surface area contributed by atoms with Gasteiger partial charge in [-0.3, -0.25) is 4.90 Å². The molecule has 0 spiro atoms. The van der Waals surface area contributed by atoms with Crippen molar-refractivity contribution in [1.29, 1.82) is 0 Å². The lowest BCUT2D eigenvalue weighted by Gasteiger charge is -2.35. The molecule has 1 fully saturated rings. The van der Waals surface area contributed by atoms with Crippen LogP contribution < -0.4 is 5.32 Å². The lowest BCUT2D eigenvalue weighted by Crippen LogP contribution is -2.49. The molecule has 1 aromatic carbocycles. The highest BCUT2D eigenvalue weighted by molar-refractivity contribution is 5.14. The molecular weight excluding hydrogens is 250 g/mol. The molecule has 1 unspecified atom stereocenters. The highest BCUT2D eigenvalue weighted by Gasteiger charge is 2.18. The Labute approximate surface area is 122 Å². The topological polar surface area (TPSA) is 38.7 Å². The normalized spacial score (nSPS) is 19.1. The molecule has 0 amide bonds. The quantitative estimate of drug-likeness (QED) is 0.758. The van der Waals surface area contributed by atoms with Crippen LogP contribution in [0.4, 0.5) is 0 Å². The number of benzene rings is 1. The van der Waals surface area contributed by atoms with E-state index in [0.717, 1.165) is 45.7 Å². The first-order chi connectivity index (χ1) is 9.78. The van der Waals surface area contributed by atoms with Gasteiger partial charge in [0, 0.05) is 45.8 Å². The second-order valence-corrected chi connectivity index (χ2v) is 5.59. The van der Waals surface area contributed by atoms with Gasteiger partial charge in [0.25, 0.3) is 0 Å². The molecule has 0 radical (unpaired) electrons. The Kier molecular flexibility index (Phi) is 6.47. The molecule has 1 heterocycles. The van der Waals surface area contributed by atoms with Gasteiger partial charge in [0.05, 0.1) is 6.10 Å². The van der Waals surface area contributed by atoms with Crippen LogP contribution in [0.25, 0.3) is 0 Å². The van der Waals surface area contributed by atoms with Gasteiger partial charge in [-0.25, -0.2) is 0 Å². The van der Waals surface area contributed by atoms with E-state index in [0.29, 0.717) is 6.54 Å². The molecule has 4 heteroatoms. The monoisotopic (exact) mass is 277 g/mol. The van der Waals surface area contributed by atoms with Crippen molar-refractivity contribution < 1.29 is 5.11 Å². The number of aliphatic hydroxyl groups excluding tert-OH is 1. The maximum absolute atomic E-state index is 9.80. The Morgan fingerprint density at radius 1 is 1.10 bits per heavy atom. The van der Waals surface area contributed by atoms with Crippen molar-refractivity contribution in [2.24, 2.45) is 0 Å². The second kappa shape index (κ2) is 8.37. The SMILES string of the molecule is CNCC(O)CN1CCN(CCc2ccccc2)CC1. The summed E-state index contributed by atoms with van der Waals surface area (Å²) in [6.45, 7) is 6.95. The molecular formula is C16H27N3O. The third kappa shape index (κ3) is 5.21. The fraction of sp³-hybridized carbons (Fsp3) is 0.625. The van der Waals surface area contributed by atoms with Gasteiger partial charge < -0.3 is 15.3 Å². The van der Waals surface area contributed by atoms with E-state index in [2.05, 4.69) is 45.4 Å². The molecule has 1 aliphatic rings. The molecule has 2 rings (SSSR count). The zero-order chi connectivity index (χ0) is 14.2. The molecule has 1 aromatic rings. The summed E-state index contributed by atoms with van der Waals surface area (Å²) in [7, 11) is 1.88. The summed E-state index contributed by atoms with van der Waals surface area (Å²) in [6, 6.07) is 10.7. The average molecular weight is 277 g/mol. The van der Waals surface area contributed by atoms with Gasteiger partial charge in [-0.05, 0) is 19.0 Å². The first kappa shape index (κ1) is 15.4. The fourth-order valence-corrected chi connectivity index (χ4v) is 2.73. The smallest absolute Gasteiger partial charge is 0.0791 e. The number of likely N-dealkylation sites (N-methyl/N-ethyl adjacent to an activating group) is 1. The van der Waals surface area contributed by atoms with Gasteiger partial charge >= 0.3 is 0 Å². The Morgan fingerprint density at radius 2 is 1.75 bits per heavy atom. The Morgan fingerprint density at radius 3 is 2.40 bits per heavy atom. The Balaban J connectivity index is 1.64. The van der Waals surface area contributed by atoms with Crippen molar-refractivity contribution in [3.63, 3.8) is 0 Å². The first-order valence-electron chi connectivity index (χ1n) is 7.59. The van der Waals surface area contributed by atoms with Crippen molar-refractivity contribution in [3.05, 3.63) is 35.9 Å². The summed E-state index contributed by atoms with van der Waals surface area (Å²) in [4.78, 5) is 4.88. The predicted molar refractivity (Wildman–Crippen MR) is 83.0 cm³/mol. The van der Waals surface area contributed by atoms with E-state index in [1.165, 1.54) is 5.56 Å². The minimum Gasteiger partial charge on any atom is -0.390 e. The van der Waals surface area contributed by atoms with Crippen LogP contribution in [-0.2, 0) is 6.42 Å². The van der Waals surface area contributed by atoms with E-state index in [4.69, 9.17) is 0 Å². The molecule has 1 atom stereocenters. The van der Waals surface area contributed by atoms with Gasteiger partial charge in [-0.2, -0.15) is 0 Å². The Bertz CT molecular complexity index is 363. The number of β-amino-alcohol motifs (C(OH)–C–C–N with tert-alkyl or cyclic N) is 1. The molecule has 112 valence electrons. The number of piperazine rings is 1. The average Bonchev–Trinajstić information content (AvgIpc) is 2.48. The number of hydrogen-bond acceptors (Lipinski definition) is 4. The summed E-state index contributed by atoms with van der Waals surface area (Å²) in [6.07, 6.45) is 0.874. The van der Waals surface area contributed by atoms with E-state index in [9.17, 15) is 5.11 Å². The van der Waals surface area contributed by atoms with Crippen LogP contribution in [0.3, 0.4) is 0 Å². The van der Waals surface area contributed by atoms with E-state index in [1.807, 2.05) is 7.05 Å². The fourth-order valence-electron chi connectivity index (χ4n) is 2.73. The van der Waals surface area contributed by atoms with E-state index in [1.54, 1.807) is 0 Å². The predicted octanol–water partition coefficient (Wildman–Crippen LogP) is 0.427. The highest BCUT2D eigenvalue weighted by Crippen LogP contribution is 2.06. The largest absolute Gasteiger partial charge is 0.390 e. The zero-order valence-electron chi connectivity index (χ0n) is 12.5. The summed E-state index contributed by atoms with van der Waals surface area (Å²) < 4.78 is 0. The van der Waals surface area contributed by atoms with Crippen LogP contribution in [0.1, 0.15) is 5.56 Å². The summed E-state index contributed by atoms with van der Waals surface area (Å²) in [5, 5.41) is 12.8. The van der Waals surface area contributed by atoms with Crippen molar-refractivity contribution in [2.75, 3.05) is 52.9 Å². The number of aliphatic hydroxyl groups is 1. The van der Waals surface area contributed by atoms with Gasteiger partial charge in [-0.1, -0.05) is 30.3 Å². The maximum atomic E-state index is 9.80. The number of rotatable bonds is 7. The molecule has 20 heavy (non-hydrogen) atoms. The van der Waals surface area contributed by atoms with Crippen molar-refractivity contribution in [2.45, 2.75) is 12.5 Å². The lowest BCUT2D eigenvalue weighted by atomic mass is 10.1.